The fourth-order valence-electron chi connectivity index (χ4n) is 8.88. The zero-order valence-corrected chi connectivity index (χ0v) is 36.1. The number of ether oxygens (including phenoxy) is 1. The van der Waals surface area contributed by atoms with Gasteiger partial charge in [0.05, 0.1) is 30.1 Å². The van der Waals surface area contributed by atoms with E-state index < -0.39 is 33.8 Å². The Morgan fingerprint density at radius 3 is 2.32 bits per heavy atom. The van der Waals surface area contributed by atoms with Gasteiger partial charge in [0, 0.05) is 80.7 Å². The Morgan fingerprint density at radius 1 is 0.952 bits per heavy atom. The Labute approximate surface area is 361 Å². The summed E-state index contributed by atoms with van der Waals surface area (Å²) in [4.78, 5) is 22.1. The van der Waals surface area contributed by atoms with E-state index in [0.29, 0.717) is 38.2 Å². The van der Waals surface area contributed by atoms with Crippen LogP contribution in [0.3, 0.4) is 0 Å². The first-order valence-electron chi connectivity index (χ1n) is 21.6. The fourth-order valence-corrected chi connectivity index (χ4v) is 10.4. The first kappa shape index (κ1) is 45.9. The van der Waals surface area contributed by atoms with E-state index in [-0.39, 0.29) is 66.9 Å². The van der Waals surface area contributed by atoms with Gasteiger partial charge < -0.3 is 30.5 Å². The number of amides is 1. The summed E-state index contributed by atoms with van der Waals surface area (Å²) in [6, 6.07) is 7.40. The molecular formula is C43H58F3N9O6S. The highest BCUT2D eigenvalue weighted by Crippen LogP contribution is 2.36. The molecule has 1 aliphatic carbocycles. The molecule has 3 aromatic rings. The summed E-state index contributed by atoms with van der Waals surface area (Å²) in [5.41, 5.74) is -0.472. The van der Waals surface area contributed by atoms with Crippen LogP contribution in [-0.2, 0) is 32.5 Å². The Morgan fingerprint density at radius 2 is 1.66 bits per heavy atom. The number of anilines is 1. The average Bonchev–Trinajstić information content (AvgIpc) is 3.68. The third-order valence-electron chi connectivity index (χ3n) is 12.2. The van der Waals surface area contributed by atoms with Gasteiger partial charge in [0.15, 0.2) is 0 Å². The van der Waals surface area contributed by atoms with Gasteiger partial charge in [-0.25, -0.2) is 9.97 Å². The molecule has 3 aliphatic heterocycles. The number of carbonyl (C=O) groups is 1. The lowest BCUT2D eigenvalue weighted by molar-refractivity contribution is -0.137. The number of aliphatic hydroxyl groups is 2. The van der Waals surface area contributed by atoms with E-state index in [2.05, 4.69) is 47.2 Å². The number of likely N-dealkylation sites (tertiary alicyclic amines) is 1. The summed E-state index contributed by atoms with van der Waals surface area (Å²) in [7, 11) is -3.72. The Bertz CT molecular complexity index is 2150. The van der Waals surface area contributed by atoms with Crippen LogP contribution in [0.15, 0.2) is 42.9 Å². The van der Waals surface area contributed by atoms with Crippen molar-refractivity contribution in [2.24, 2.45) is 5.92 Å². The second-order valence-corrected chi connectivity index (χ2v) is 19.4. The molecule has 15 nitrogen and oxygen atoms in total. The standard InChI is InChI=1S/C43H58F3N9O6S/c1-42(2,58)28-54-27-32(24-48-54)39-37(43(44,45)46)25-47-41(51-39)49-33-15-21-55(22-16-33)62(59,60)52-34-11-7-30(8-12-34)26-53-19-17-35(18-20-53)61-23-3-4-29-5-9-31(10-6-29)36-13-14-38(56)50-40(36)57/h5-6,9-10,24-25,27,30,33-36,40,52,57-58H,7-8,11-23,26,28H2,1-2H3,(H,50,56)(H,47,49,51). The predicted molar refractivity (Wildman–Crippen MR) is 225 cm³/mol. The van der Waals surface area contributed by atoms with Gasteiger partial charge >= 0.3 is 6.18 Å². The number of benzene rings is 1. The molecule has 5 heterocycles. The van der Waals surface area contributed by atoms with E-state index >= 15 is 0 Å². The van der Waals surface area contributed by atoms with E-state index in [1.807, 2.05) is 24.3 Å². The Balaban J connectivity index is 0.793. The molecule has 0 spiro atoms. The lowest BCUT2D eigenvalue weighted by Crippen LogP contribution is -2.50. The van der Waals surface area contributed by atoms with Crippen molar-refractivity contribution in [2.75, 3.05) is 44.6 Å². The molecule has 3 saturated heterocycles. The van der Waals surface area contributed by atoms with Crippen LogP contribution in [0.1, 0.15) is 101 Å². The third-order valence-corrected chi connectivity index (χ3v) is 13.9. The molecule has 1 saturated carbocycles. The third kappa shape index (κ3) is 12.5. The molecule has 338 valence electrons. The largest absolute Gasteiger partial charge is 0.419 e. The number of hydrogen-bond donors (Lipinski definition) is 5. The second kappa shape index (κ2) is 19.7. The van der Waals surface area contributed by atoms with Crippen LogP contribution in [-0.4, -0.2) is 123 Å². The molecule has 1 amide bonds. The maximum atomic E-state index is 13.9. The van der Waals surface area contributed by atoms with Crippen LogP contribution in [0.5, 0.6) is 0 Å². The number of alkyl halides is 3. The number of nitrogens with zero attached hydrogens (tertiary/aromatic N) is 6. The van der Waals surface area contributed by atoms with Crippen molar-refractivity contribution in [1.82, 2.24) is 39.0 Å². The number of carbonyl (C=O) groups excluding carboxylic acids is 1. The van der Waals surface area contributed by atoms with E-state index in [1.54, 1.807) is 13.8 Å². The minimum absolute atomic E-state index is 0.00933. The first-order chi connectivity index (χ1) is 29.5. The molecule has 4 aliphatic rings. The van der Waals surface area contributed by atoms with E-state index in [0.717, 1.165) is 75.5 Å². The van der Waals surface area contributed by atoms with E-state index in [1.165, 1.54) is 21.4 Å². The van der Waals surface area contributed by atoms with Crippen molar-refractivity contribution in [2.45, 2.75) is 127 Å². The van der Waals surface area contributed by atoms with Crippen LogP contribution >= 0.6 is 0 Å². The average molecular weight is 886 g/mol. The second-order valence-electron chi connectivity index (χ2n) is 17.7. The smallest absolute Gasteiger partial charge is 0.389 e. The minimum Gasteiger partial charge on any atom is -0.389 e. The number of hydrogen-bond acceptors (Lipinski definition) is 11. The molecular weight excluding hydrogens is 828 g/mol. The zero-order chi connectivity index (χ0) is 44.1. The summed E-state index contributed by atoms with van der Waals surface area (Å²) >= 11 is 0. The molecule has 2 unspecified atom stereocenters. The summed E-state index contributed by atoms with van der Waals surface area (Å²) in [5, 5.41) is 30.1. The van der Waals surface area contributed by atoms with Gasteiger partial charge in [0.1, 0.15) is 18.4 Å². The maximum Gasteiger partial charge on any atom is 0.419 e. The lowest BCUT2D eigenvalue weighted by Gasteiger charge is -2.37. The number of rotatable bonds is 13. The van der Waals surface area contributed by atoms with Gasteiger partial charge in [-0.1, -0.05) is 24.0 Å². The van der Waals surface area contributed by atoms with Gasteiger partial charge in [-0.3, -0.25) is 9.48 Å². The monoisotopic (exact) mass is 885 g/mol. The van der Waals surface area contributed by atoms with Crippen LogP contribution in [0.25, 0.3) is 11.3 Å². The van der Waals surface area contributed by atoms with Crippen molar-refractivity contribution < 1.29 is 41.3 Å². The molecule has 19 heteroatoms. The highest BCUT2D eigenvalue weighted by atomic mass is 32.2. The first-order valence-corrected chi connectivity index (χ1v) is 23.0. The molecule has 2 aromatic heterocycles. The number of piperidine rings is 3. The normalized spacial score (nSPS) is 24.0. The van der Waals surface area contributed by atoms with Gasteiger partial charge in [0.2, 0.25) is 11.9 Å². The number of halogens is 3. The molecule has 7 rings (SSSR count). The van der Waals surface area contributed by atoms with Crippen LogP contribution < -0.4 is 15.4 Å². The fraction of sp³-hybridized carbons (Fsp3) is 0.628. The summed E-state index contributed by atoms with van der Waals surface area (Å²) in [6.07, 6.45) is 5.20. The van der Waals surface area contributed by atoms with Crippen molar-refractivity contribution in [3.8, 4) is 23.1 Å². The highest BCUT2D eigenvalue weighted by Gasteiger charge is 2.37. The van der Waals surface area contributed by atoms with Crippen molar-refractivity contribution in [3.05, 3.63) is 59.5 Å². The van der Waals surface area contributed by atoms with Gasteiger partial charge in [0.25, 0.3) is 10.2 Å². The van der Waals surface area contributed by atoms with Gasteiger partial charge in [-0.05, 0) is 95.2 Å². The van der Waals surface area contributed by atoms with Crippen LogP contribution in [0, 0.1) is 17.8 Å². The number of nitrogens with one attached hydrogen (secondary N) is 3. The Kier molecular flexibility index (Phi) is 14.6. The van der Waals surface area contributed by atoms with Crippen molar-refractivity contribution in [3.63, 3.8) is 0 Å². The molecule has 2 atom stereocenters. The van der Waals surface area contributed by atoms with E-state index in [9.17, 15) is 36.6 Å². The zero-order valence-electron chi connectivity index (χ0n) is 35.3. The minimum atomic E-state index is -4.70. The lowest BCUT2D eigenvalue weighted by atomic mass is 9.86. The van der Waals surface area contributed by atoms with Crippen LogP contribution in [0.4, 0.5) is 19.1 Å². The summed E-state index contributed by atoms with van der Waals surface area (Å²) < 4.78 is 80.4. The van der Waals surface area contributed by atoms with Gasteiger partial charge in [-0.15, -0.1) is 0 Å². The predicted octanol–water partition coefficient (Wildman–Crippen LogP) is 4.24. The number of aromatic nitrogens is 4. The highest BCUT2D eigenvalue weighted by molar-refractivity contribution is 7.87. The quantitative estimate of drug-likeness (QED) is 0.155. The molecule has 0 bridgehead atoms. The molecule has 5 N–H and O–H groups in total. The molecule has 4 fully saturated rings. The van der Waals surface area contributed by atoms with Crippen molar-refractivity contribution in [1.29, 1.82) is 0 Å². The SMILES string of the molecule is CC(C)(O)Cn1cc(-c2nc(NC3CCN(S(=O)(=O)NC4CCC(CN5CCC(OCC#Cc6ccc(C7CCC(=O)NC7O)cc6)CC5)CC4)CC3)ncc2C(F)(F)F)cn1. The summed E-state index contributed by atoms with van der Waals surface area (Å²) in [6.45, 7) is 6.97. The maximum absolute atomic E-state index is 13.9. The molecule has 1 aromatic carbocycles. The van der Waals surface area contributed by atoms with Crippen molar-refractivity contribution >= 4 is 22.1 Å². The Hall–Kier alpha value is -4.16. The molecule has 62 heavy (non-hydrogen) atoms. The summed E-state index contributed by atoms with van der Waals surface area (Å²) in [5.74, 6) is 6.54. The molecule has 0 radical (unpaired) electrons. The van der Waals surface area contributed by atoms with E-state index in [4.69, 9.17) is 4.74 Å². The van der Waals surface area contributed by atoms with Gasteiger partial charge in [-0.2, -0.15) is 35.7 Å². The van der Waals surface area contributed by atoms with Crippen LogP contribution in [0.2, 0.25) is 0 Å². The topological polar surface area (TPSA) is 187 Å². The number of aliphatic hydroxyl groups excluding tert-OH is 1.